The van der Waals surface area contributed by atoms with Crippen molar-refractivity contribution in [3.63, 3.8) is 0 Å². The number of hydrogen-bond acceptors (Lipinski definition) is 5. The second-order valence-corrected chi connectivity index (χ2v) is 5.20. The summed E-state index contributed by atoms with van der Waals surface area (Å²) in [4.78, 5) is 0. The van der Waals surface area contributed by atoms with E-state index in [0.717, 1.165) is 0 Å². The van der Waals surface area contributed by atoms with Crippen LogP contribution >= 0.6 is 20.5 Å². The van der Waals surface area contributed by atoms with Crippen LogP contribution in [0.2, 0.25) is 0 Å². The van der Waals surface area contributed by atoms with E-state index in [2.05, 4.69) is 0 Å². The monoisotopic (exact) mass is 328 g/mol. The lowest BCUT2D eigenvalue weighted by Gasteiger charge is -2.14. The Morgan fingerprint density at radius 3 is 1.57 bits per heavy atom. The molecule has 0 fully saturated rings. The zero-order chi connectivity index (χ0) is 15.1. The average molecular weight is 329 g/mol. The van der Waals surface area contributed by atoms with Gasteiger partial charge in [0.15, 0.2) is 0 Å². The highest BCUT2D eigenvalue weighted by Gasteiger charge is 2.17. The number of halogens is 1. The fraction of sp³-hybridized carbons (Fsp3) is 0.143. The van der Waals surface area contributed by atoms with Crippen LogP contribution < -0.4 is 18.5 Å². The molecule has 0 atom stereocenters. The summed E-state index contributed by atoms with van der Waals surface area (Å²) >= 11 is 5.43. The number of hydrogen-bond donors (Lipinski definition) is 0. The first-order chi connectivity index (χ1) is 10.2. The van der Waals surface area contributed by atoms with Crippen molar-refractivity contribution in [3.05, 3.63) is 48.5 Å². The lowest BCUT2D eigenvalue weighted by Crippen LogP contribution is -1.96. The minimum atomic E-state index is -1.79. The summed E-state index contributed by atoms with van der Waals surface area (Å²) in [6.07, 6.45) is 0. The molecule has 0 bridgehead atoms. The van der Waals surface area contributed by atoms with Gasteiger partial charge in [-0.2, -0.15) is 4.08 Å². The Morgan fingerprint density at radius 1 is 0.762 bits per heavy atom. The summed E-state index contributed by atoms with van der Waals surface area (Å²) in [5, 5.41) is 0. The summed E-state index contributed by atoms with van der Waals surface area (Å²) in [6, 6.07) is 14.1. The highest BCUT2D eigenvalue weighted by atomic mass is 35.5. The molecule has 0 unspecified atom stereocenters. The Labute approximate surface area is 129 Å². The van der Waals surface area contributed by atoms with Gasteiger partial charge < -0.3 is 18.5 Å². The standard InChI is InChI=1S/C14H14ClO5P/c1-16-11-5-3-7-13(9-11)18-21(20-15)19-14-8-4-6-12(10-14)17-2/h3-10H,1-2H3. The fourth-order valence-electron chi connectivity index (χ4n) is 1.53. The van der Waals surface area contributed by atoms with Crippen LogP contribution in [0.1, 0.15) is 0 Å². The van der Waals surface area contributed by atoms with Gasteiger partial charge in [0.25, 0.3) is 0 Å². The van der Waals surface area contributed by atoms with Crippen LogP contribution in [0.15, 0.2) is 48.5 Å². The van der Waals surface area contributed by atoms with Gasteiger partial charge in [-0.25, -0.2) is 0 Å². The van der Waals surface area contributed by atoms with Crippen molar-refractivity contribution in [1.29, 1.82) is 0 Å². The molecule has 0 saturated carbocycles. The molecule has 0 spiro atoms. The first kappa shape index (κ1) is 15.7. The topological polar surface area (TPSA) is 46.2 Å². The third kappa shape index (κ3) is 4.67. The summed E-state index contributed by atoms with van der Waals surface area (Å²) < 4.78 is 26.0. The SMILES string of the molecule is COc1cccc(OP(OCl)Oc2cccc(OC)c2)c1. The number of rotatable bonds is 7. The van der Waals surface area contributed by atoms with Gasteiger partial charge in [-0.05, 0) is 24.3 Å². The largest absolute Gasteiger partial charge is 0.497 e. The smallest absolute Gasteiger partial charge is 0.481 e. The van der Waals surface area contributed by atoms with Gasteiger partial charge in [0, 0.05) is 12.1 Å². The van der Waals surface area contributed by atoms with Crippen molar-refractivity contribution in [3.8, 4) is 23.0 Å². The number of benzene rings is 2. The third-order valence-corrected chi connectivity index (χ3v) is 3.67. The van der Waals surface area contributed by atoms with Gasteiger partial charge in [0.05, 0.1) is 26.1 Å². The molecule has 0 aliphatic heterocycles. The molecular weight excluding hydrogens is 315 g/mol. The zero-order valence-electron chi connectivity index (χ0n) is 11.5. The molecule has 0 radical (unpaired) electrons. The third-order valence-electron chi connectivity index (χ3n) is 2.50. The highest BCUT2D eigenvalue weighted by molar-refractivity contribution is 7.43. The molecule has 5 nitrogen and oxygen atoms in total. The molecule has 0 heterocycles. The minimum Gasteiger partial charge on any atom is -0.497 e. The molecule has 2 aromatic carbocycles. The molecule has 0 N–H and O–H groups in total. The number of methoxy groups -OCH3 is 2. The van der Waals surface area contributed by atoms with E-state index in [9.17, 15) is 0 Å². The molecule has 0 aromatic heterocycles. The van der Waals surface area contributed by atoms with E-state index in [1.54, 1.807) is 62.8 Å². The summed E-state index contributed by atoms with van der Waals surface area (Å²) in [6.45, 7) is 0. The van der Waals surface area contributed by atoms with Gasteiger partial charge in [-0.1, -0.05) is 12.1 Å². The Kier molecular flexibility index (Phi) is 5.93. The molecule has 2 aromatic rings. The lowest BCUT2D eigenvalue weighted by atomic mass is 10.3. The quantitative estimate of drug-likeness (QED) is 0.697. The zero-order valence-corrected chi connectivity index (χ0v) is 13.1. The van der Waals surface area contributed by atoms with E-state index >= 15 is 0 Å². The lowest BCUT2D eigenvalue weighted by molar-refractivity contribution is 0.390. The second-order valence-electron chi connectivity index (χ2n) is 3.83. The van der Waals surface area contributed by atoms with Crippen molar-refractivity contribution in [1.82, 2.24) is 0 Å². The molecule has 0 saturated heterocycles. The van der Waals surface area contributed by atoms with E-state index in [1.807, 2.05) is 0 Å². The second kappa shape index (κ2) is 7.93. The van der Waals surface area contributed by atoms with Gasteiger partial charge in [-0.3, -0.25) is 0 Å². The van der Waals surface area contributed by atoms with Crippen molar-refractivity contribution in [2.75, 3.05) is 14.2 Å². The van der Waals surface area contributed by atoms with Gasteiger partial charge in [0.1, 0.15) is 23.0 Å². The predicted octanol–water partition coefficient (Wildman–Crippen LogP) is 4.56. The highest BCUT2D eigenvalue weighted by Crippen LogP contribution is 2.43. The summed E-state index contributed by atoms with van der Waals surface area (Å²) in [7, 11) is 1.36. The predicted molar refractivity (Wildman–Crippen MR) is 81.1 cm³/mol. The van der Waals surface area contributed by atoms with Gasteiger partial charge in [-0.15, -0.1) is 0 Å². The van der Waals surface area contributed by atoms with Crippen LogP contribution in [0.4, 0.5) is 0 Å². The van der Waals surface area contributed by atoms with Crippen molar-refractivity contribution in [2.24, 2.45) is 0 Å². The maximum absolute atomic E-state index is 5.55. The molecule has 112 valence electrons. The Bertz CT molecular complexity index is 531. The molecule has 2 rings (SSSR count). The van der Waals surface area contributed by atoms with Crippen LogP contribution in [0.25, 0.3) is 0 Å². The molecular formula is C14H14ClO5P. The van der Waals surface area contributed by atoms with E-state index < -0.39 is 8.60 Å². The van der Waals surface area contributed by atoms with Gasteiger partial charge >= 0.3 is 8.60 Å². The Balaban J connectivity index is 2.05. The Hall–Kier alpha value is -1.68. The van der Waals surface area contributed by atoms with Crippen molar-refractivity contribution in [2.45, 2.75) is 0 Å². The van der Waals surface area contributed by atoms with Crippen LogP contribution in [0.5, 0.6) is 23.0 Å². The summed E-state index contributed by atoms with van der Waals surface area (Å²) in [5.41, 5.74) is 0. The minimum absolute atomic E-state index is 0.531. The molecule has 0 aliphatic rings. The Morgan fingerprint density at radius 2 is 1.19 bits per heavy atom. The van der Waals surface area contributed by atoms with E-state index in [0.29, 0.717) is 23.0 Å². The molecule has 0 aliphatic carbocycles. The van der Waals surface area contributed by atoms with Crippen LogP contribution in [0.3, 0.4) is 0 Å². The van der Waals surface area contributed by atoms with Crippen LogP contribution in [-0.2, 0) is 4.08 Å². The number of ether oxygens (including phenoxy) is 2. The normalized spacial score (nSPS) is 10.3. The van der Waals surface area contributed by atoms with Crippen LogP contribution in [0, 0.1) is 0 Å². The van der Waals surface area contributed by atoms with E-state index in [1.165, 1.54) is 0 Å². The van der Waals surface area contributed by atoms with Crippen LogP contribution in [-0.4, -0.2) is 14.2 Å². The van der Waals surface area contributed by atoms with E-state index in [-0.39, 0.29) is 0 Å². The first-order valence-electron chi connectivity index (χ1n) is 5.98. The molecule has 0 amide bonds. The van der Waals surface area contributed by atoms with Crippen molar-refractivity contribution < 1.29 is 22.6 Å². The summed E-state index contributed by atoms with van der Waals surface area (Å²) in [5.74, 6) is 2.39. The first-order valence-corrected chi connectivity index (χ1v) is 7.38. The average Bonchev–Trinajstić information content (AvgIpc) is 2.54. The molecule has 7 heteroatoms. The van der Waals surface area contributed by atoms with E-state index in [4.69, 9.17) is 34.5 Å². The maximum Gasteiger partial charge on any atom is 0.481 e. The fourth-order valence-corrected chi connectivity index (χ4v) is 2.37. The maximum atomic E-state index is 5.55. The molecule has 21 heavy (non-hydrogen) atoms. The van der Waals surface area contributed by atoms with Gasteiger partial charge in [0.2, 0.25) is 0 Å². The van der Waals surface area contributed by atoms with Crippen molar-refractivity contribution >= 4 is 20.5 Å².